The van der Waals surface area contributed by atoms with Crippen molar-refractivity contribution < 1.29 is 14.3 Å². The first-order valence-corrected chi connectivity index (χ1v) is 10.1. The molecule has 8 heteroatoms. The number of carbonyl (C=O) groups excluding carboxylic acids is 1. The summed E-state index contributed by atoms with van der Waals surface area (Å²) in [4.78, 5) is 38.9. The molecule has 3 heterocycles. The molecule has 1 atom stereocenters. The second-order valence-corrected chi connectivity index (χ2v) is 7.35. The van der Waals surface area contributed by atoms with Gasteiger partial charge in [0, 0.05) is 18.8 Å². The standard InChI is InChI=1S/C23H24N4O4/c1-30-16-9-7-15(8-10-16)13-21(29)27-12-4-6-19(27)22-25-18(14-20(28)26-22)17-5-3-11-24-23(17)31-2/h3,5,7-11,14,19H,4,6,12-13H2,1-2H3,(H,25,26,28). The van der Waals surface area contributed by atoms with Crippen LogP contribution in [0.2, 0.25) is 0 Å². The molecule has 0 bridgehead atoms. The van der Waals surface area contributed by atoms with Gasteiger partial charge in [-0.25, -0.2) is 9.97 Å². The quantitative estimate of drug-likeness (QED) is 0.659. The Balaban J connectivity index is 1.60. The number of aromatic nitrogens is 3. The lowest BCUT2D eigenvalue weighted by Crippen LogP contribution is -2.33. The summed E-state index contributed by atoms with van der Waals surface area (Å²) in [6.45, 7) is 0.629. The molecule has 2 aromatic heterocycles. The van der Waals surface area contributed by atoms with Crippen molar-refractivity contribution in [3.8, 4) is 22.9 Å². The van der Waals surface area contributed by atoms with Gasteiger partial charge in [-0.05, 0) is 42.7 Å². The Kier molecular flexibility index (Phi) is 5.97. The van der Waals surface area contributed by atoms with Crippen molar-refractivity contribution >= 4 is 5.91 Å². The van der Waals surface area contributed by atoms with Crippen LogP contribution in [-0.4, -0.2) is 46.5 Å². The van der Waals surface area contributed by atoms with E-state index in [0.29, 0.717) is 29.5 Å². The zero-order chi connectivity index (χ0) is 21.8. The highest BCUT2D eigenvalue weighted by Crippen LogP contribution is 2.32. The van der Waals surface area contributed by atoms with Crippen LogP contribution in [0, 0.1) is 0 Å². The molecule has 0 radical (unpaired) electrons. The molecule has 0 spiro atoms. The highest BCUT2D eigenvalue weighted by atomic mass is 16.5. The smallest absolute Gasteiger partial charge is 0.251 e. The van der Waals surface area contributed by atoms with E-state index in [-0.39, 0.29) is 23.9 Å². The van der Waals surface area contributed by atoms with Gasteiger partial charge in [-0.15, -0.1) is 0 Å². The summed E-state index contributed by atoms with van der Waals surface area (Å²) >= 11 is 0. The summed E-state index contributed by atoms with van der Waals surface area (Å²) in [5.41, 5.74) is 1.73. The third-order valence-corrected chi connectivity index (χ3v) is 5.40. The van der Waals surface area contributed by atoms with Crippen molar-refractivity contribution in [2.24, 2.45) is 0 Å². The van der Waals surface area contributed by atoms with Gasteiger partial charge in [-0.2, -0.15) is 0 Å². The van der Waals surface area contributed by atoms with Crippen molar-refractivity contribution in [1.29, 1.82) is 0 Å². The number of pyridine rings is 1. The molecule has 1 aliphatic heterocycles. The Labute approximate surface area is 179 Å². The van der Waals surface area contributed by atoms with Gasteiger partial charge in [0.15, 0.2) is 0 Å². The number of nitrogens with one attached hydrogen (secondary N) is 1. The van der Waals surface area contributed by atoms with E-state index in [1.54, 1.807) is 30.3 Å². The molecule has 8 nitrogen and oxygen atoms in total. The van der Waals surface area contributed by atoms with E-state index < -0.39 is 0 Å². The van der Waals surface area contributed by atoms with Gasteiger partial charge >= 0.3 is 0 Å². The van der Waals surface area contributed by atoms with Gasteiger partial charge in [0.1, 0.15) is 11.6 Å². The first-order chi connectivity index (χ1) is 15.1. The van der Waals surface area contributed by atoms with E-state index >= 15 is 0 Å². The third-order valence-electron chi connectivity index (χ3n) is 5.40. The van der Waals surface area contributed by atoms with E-state index in [1.807, 2.05) is 24.3 Å². The second kappa shape index (κ2) is 8.99. The Bertz CT molecular complexity index is 1130. The topological polar surface area (TPSA) is 97.4 Å². The number of aromatic amines is 1. The predicted molar refractivity (Wildman–Crippen MR) is 115 cm³/mol. The molecule has 1 amide bonds. The van der Waals surface area contributed by atoms with E-state index in [1.165, 1.54) is 13.2 Å². The van der Waals surface area contributed by atoms with Crippen LogP contribution in [0.4, 0.5) is 0 Å². The van der Waals surface area contributed by atoms with E-state index in [2.05, 4.69) is 15.0 Å². The van der Waals surface area contributed by atoms with E-state index in [0.717, 1.165) is 24.2 Å². The zero-order valence-electron chi connectivity index (χ0n) is 17.5. The summed E-state index contributed by atoms with van der Waals surface area (Å²) in [5, 5.41) is 0. The molecule has 1 N–H and O–H groups in total. The van der Waals surface area contributed by atoms with Gasteiger partial charge in [0.25, 0.3) is 5.56 Å². The number of likely N-dealkylation sites (tertiary alicyclic amines) is 1. The first kappa shape index (κ1) is 20.6. The van der Waals surface area contributed by atoms with E-state index in [9.17, 15) is 9.59 Å². The number of carbonyl (C=O) groups is 1. The van der Waals surface area contributed by atoms with Crippen LogP contribution in [-0.2, 0) is 11.2 Å². The van der Waals surface area contributed by atoms with Crippen LogP contribution in [0.1, 0.15) is 30.3 Å². The average Bonchev–Trinajstić information content (AvgIpc) is 3.29. The maximum Gasteiger partial charge on any atom is 0.251 e. The molecule has 1 aliphatic rings. The van der Waals surface area contributed by atoms with Crippen molar-refractivity contribution in [1.82, 2.24) is 19.9 Å². The summed E-state index contributed by atoms with van der Waals surface area (Å²) in [6, 6.07) is 12.2. The van der Waals surface area contributed by atoms with Crippen LogP contribution in [0.3, 0.4) is 0 Å². The Morgan fingerprint density at radius 2 is 2.00 bits per heavy atom. The predicted octanol–water partition coefficient (Wildman–Crippen LogP) is 2.76. The molecule has 1 aromatic carbocycles. The SMILES string of the molecule is COc1ccc(CC(=O)N2CCCC2c2nc(-c3cccnc3OC)cc(=O)[nH]2)cc1. The lowest BCUT2D eigenvalue weighted by molar-refractivity contribution is -0.131. The third kappa shape index (κ3) is 4.42. The molecule has 0 aliphatic carbocycles. The lowest BCUT2D eigenvalue weighted by Gasteiger charge is -2.24. The summed E-state index contributed by atoms with van der Waals surface area (Å²) < 4.78 is 10.5. The maximum atomic E-state index is 13.0. The fraction of sp³-hybridized carbons (Fsp3) is 0.304. The molecule has 31 heavy (non-hydrogen) atoms. The number of amides is 1. The molecule has 1 fully saturated rings. The van der Waals surface area contributed by atoms with Crippen LogP contribution in [0.15, 0.2) is 53.5 Å². The van der Waals surface area contributed by atoms with Gasteiger partial charge in [0.2, 0.25) is 11.8 Å². The van der Waals surface area contributed by atoms with Gasteiger partial charge in [-0.1, -0.05) is 12.1 Å². The number of hydrogen-bond acceptors (Lipinski definition) is 6. The molecule has 4 rings (SSSR count). The molecule has 1 unspecified atom stereocenters. The van der Waals surface area contributed by atoms with Crippen molar-refractivity contribution in [3.63, 3.8) is 0 Å². The largest absolute Gasteiger partial charge is 0.497 e. The first-order valence-electron chi connectivity index (χ1n) is 10.1. The highest BCUT2D eigenvalue weighted by molar-refractivity contribution is 5.79. The van der Waals surface area contributed by atoms with Gasteiger partial charge < -0.3 is 19.4 Å². The molecule has 160 valence electrons. The second-order valence-electron chi connectivity index (χ2n) is 7.35. The van der Waals surface area contributed by atoms with E-state index in [4.69, 9.17) is 9.47 Å². The zero-order valence-corrected chi connectivity index (χ0v) is 17.5. The lowest BCUT2D eigenvalue weighted by atomic mass is 10.1. The highest BCUT2D eigenvalue weighted by Gasteiger charge is 2.32. The van der Waals surface area contributed by atoms with Gasteiger partial charge in [0.05, 0.1) is 37.9 Å². The molecule has 1 saturated heterocycles. The molecule has 0 saturated carbocycles. The summed E-state index contributed by atoms with van der Waals surface area (Å²) in [7, 11) is 3.13. The molecule has 3 aromatic rings. The number of rotatable bonds is 6. The summed E-state index contributed by atoms with van der Waals surface area (Å²) in [5.74, 6) is 1.62. The minimum absolute atomic E-state index is 0.000299. The molecular formula is C23H24N4O4. The number of hydrogen-bond donors (Lipinski definition) is 1. The Hall–Kier alpha value is -3.68. The minimum Gasteiger partial charge on any atom is -0.497 e. The maximum absolute atomic E-state index is 13.0. The number of ether oxygens (including phenoxy) is 2. The van der Waals surface area contributed by atoms with Crippen LogP contribution >= 0.6 is 0 Å². The number of methoxy groups -OCH3 is 2. The van der Waals surface area contributed by atoms with Crippen LogP contribution in [0.5, 0.6) is 11.6 Å². The van der Waals surface area contributed by atoms with Crippen LogP contribution < -0.4 is 15.0 Å². The Morgan fingerprint density at radius 3 is 2.74 bits per heavy atom. The number of benzene rings is 1. The molecular weight excluding hydrogens is 396 g/mol. The summed E-state index contributed by atoms with van der Waals surface area (Å²) in [6.07, 6.45) is 3.49. The number of H-pyrrole nitrogens is 1. The minimum atomic E-state index is -0.277. The number of nitrogens with zero attached hydrogens (tertiary/aromatic N) is 3. The fourth-order valence-corrected chi connectivity index (χ4v) is 3.89. The monoisotopic (exact) mass is 420 g/mol. The van der Waals surface area contributed by atoms with Crippen molar-refractivity contribution in [2.75, 3.05) is 20.8 Å². The fourth-order valence-electron chi connectivity index (χ4n) is 3.89. The van der Waals surface area contributed by atoms with Crippen molar-refractivity contribution in [3.05, 3.63) is 70.4 Å². The van der Waals surface area contributed by atoms with Crippen molar-refractivity contribution in [2.45, 2.75) is 25.3 Å². The Morgan fingerprint density at radius 1 is 1.19 bits per heavy atom. The average molecular weight is 420 g/mol. The van der Waals surface area contributed by atoms with Gasteiger partial charge in [-0.3, -0.25) is 9.59 Å². The normalized spacial score (nSPS) is 15.7. The van der Waals surface area contributed by atoms with Crippen LogP contribution in [0.25, 0.3) is 11.3 Å².